The van der Waals surface area contributed by atoms with Crippen LogP contribution >= 0.6 is 0 Å². The average molecular weight is 817 g/mol. The predicted molar refractivity (Wildman–Crippen MR) is 226 cm³/mol. The van der Waals surface area contributed by atoms with Gasteiger partial charge in [0.1, 0.15) is 17.0 Å². The van der Waals surface area contributed by atoms with E-state index < -0.39 is 23.4 Å². The van der Waals surface area contributed by atoms with Gasteiger partial charge in [-0.2, -0.15) is 4.98 Å². The van der Waals surface area contributed by atoms with E-state index in [1.54, 1.807) is 17.0 Å². The number of aromatic nitrogens is 6. The van der Waals surface area contributed by atoms with Crippen LogP contribution in [0.15, 0.2) is 72.3 Å². The van der Waals surface area contributed by atoms with Gasteiger partial charge in [0.15, 0.2) is 23.1 Å². The summed E-state index contributed by atoms with van der Waals surface area (Å²) in [6.45, 7) is 11.1. The van der Waals surface area contributed by atoms with Gasteiger partial charge in [-0.05, 0) is 74.4 Å². The van der Waals surface area contributed by atoms with E-state index in [0.29, 0.717) is 78.4 Å². The van der Waals surface area contributed by atoms with E-state index in [0.717, 1.165) is 62.4 Å². The lowest BCUT2D eigenvalue weighted by molar-refractivity contribution is -0.133. The lowest BCUT2D eigenvalue weighted by atomic mass is 9.98. The topological polar surface area (TPSA) is 179 Å². The molecule has 3 saturated heterocycles. The first-order valence-corrected chi connectivity index (χ1v) is 20.8. The van der Waals surface area contributed by atoms with Crippen LogP contribution in [0.5, 0.6) is 0 Å². The summed E-state index contributed by atoms with van der Waals surface area (Å²) in [5.74, 6) is 0.00924. The Hall–Kier alpha value is -6.20. The number of piperidine rings is 2. The molecule has 0 spiro atoms. The third-order valence-electron chi connectivity index (χ3n) is 12.5. The summed E-state index contributed by atoms with van der Waals surface area (Å²) < 4.78 is 18.4. The van der Waals surface area contributed by atoms with Gasteiger partial charge >= 0.3 is 0 Å². The molecule has 2 amide bonds. The quantitative estimate of drug-likeness (QED) is 0.111. The number of benzene rings is 1. The molecule has 16 nitrogen and oxygen atoms in total. The number of carbonyl (C=O) groups excluding carboxylic acids is 2. The van der Waals surface area contributed by atoms with Gasteiger partial charge in [0, 0.05) is 75.4 Å². The standard InChI is InChI=1S/C43H49FN12O4/c1-3-17-55-41(59)32-26-46-42(51-38(32)56(55)35-11-5-27-13-16-43(60,4-2)37(27)49-35)48-28-6-8-30(9-7-28)52-20-22-53(23-21-52)31-14-18-54(19-15-31)39-33(44)24-29(25-45-39)47-34-10-12-36(57)50-40(34)58/h3,5-9,11,24-26,31,34,47,60H,1,4,10,12-23H2,2H3,(H,46,48,51)(H,50,57,58)/t34?,43-/m1/s1. The average Bonchev–Trinajstić information content (AvgIpc) is 3.74. The normalized spacial score (nSPS) is 21.3. The Balaban J connectivity index is 0.807. The molecule has 60 heavy (non-hydrogen) atoms. The van der Waals surface area contributed by atoms with Gasteiger partial charge in [0.25, 0.3) is 5.56 Å². The van der Waals surface area contributed by atoms with E-state index in [1.165, 1.54) is 16.9 Å². The smallest absolute Gasteiger partial charge is 0.278 e. The second-order valence-electron chi connectivity index (χ2n) is 16.1. The van der Waals surface area contributed by atoms with Crippen molar-refractivity contribution in [2.75, 3.05) is 59.7 Å². The minimum atomic E-state index is -1.00. The number of rotatable bonds is 11. The number of aryl methyl sites for hydroxylation is 1. The van der Waals surface area contributed by atoms with Gasteiger partial charge in [-0.25, -0.2) is 28.7 Å². The van der Waals surface area contributed by atoms with Crippen molar-refractivity contribution in [3.05, 3.63) is 94.9 Å². The zero-order valence-electron chi connectivity index (χ0n) is 33.6. The minimum absolute atomic E-state index is 0.242. The Morgan fingerprint density at radius 1 is 0.933 bits per heavy atom. The largest absolute Gasteiger partial charge is 0.384 e. The fraction of sp³-hybridized carbons (Fsp3) is 0.419. The molecule has 0 saturated carbocycles. The van der Waals surface area contributed by atoms with E-state index in [1.807, 2.05) is 36.1 Å². The molecular weight excluding hydrogens is 768 g/mol. The van der Waals surface area contributed by atoms with Crippen molar-refractivity contribution in [3.63, 3.8) is 0 Å². The van der Waals surface area contributed by atoms with Gasteiger partial charge in [-0.15, -0.1) is 6.58 Å². The van der Waals surface area contributed by atoms with E-state index in [-0.39, 0.29) is 24.4 Å². The first-order valence-electron chi connectivity index (χ1n) is 20.8. The lowest BCUT2D eigenvalue weighted by Crippen LogP contribution is -2.53. The van der Waals surface area contributed by atoms with Crippen molar-refractivity contribution in [1.82, 2.24) is 39.5 Å². The van der Waals surface area contributed by atoms with E-state index >= 15 is 4.39 Å². The van der Waals surface area contributed by atoms with Crippen molar-refractivity contribution in [2.45, 2.75) is 76.1 Å². The lowest BCUT2D eigenvalue weighted by Gasteiger charge is -2.43. The Morgan fingerprint density at radius 3 is 2.43 bits per heavy atom. The molecule has 5 aromatic rings. The fourth-order valence-corrected chi connectivity index (χ4v) is 9.06. The van der Waals surface area contributed by atoms with Crippen LogP contribution in [0.3, 0.4) is 0 Å². The van der Waals surface area contributed by atoms with Gasteiger partial charge in [-0.3, -0.25) is 24.6 Å². The van der Waals surface area contributed by atoms with Crippen molar-refractivity contribution in [3.8, 4) is 5.82 Å². The predicted octanol–water partition coefficient (Wildman–Crippen LogP) is 3.99. The molecule has 312 valence electrons. The molecule has 7 heterocycles. The Morgan fingerprint density at radius 2 is 1.72 bits per heavy atom. The van der Waals surface area contributed by atoms with E-state index in [2.05, 4.69) is 54.4 Å². The number of nitrogens with one attached hydrogen (secondary N) is 3. The molecule has 2 atom stereocenters. The molecule has 1 unspecified atom stereocenters. The maximum Gasteiger partial charge on any atom is 0.278 e. The van der Waals surface area contributed by atoms with Crippen LogP contribution in [0, 0.1) is 5.82 Å². The molecule has 4 N–H and O–H groups in total. The summed E-state index contributed by atoms with van der Waals surface area (Å²) in [7, 11) is 0. The highest BCUT2D eigenvalue weighted by atomic mass is 19.1. The molecule has 1 aromatic carbocycles. The van der Waals surface area contributed by atoms with Crippen molar-refractivity contribution in [1.29, 1.82) is 0 Å². The summed E-state index contributed by atoms with van der Waals surface area (Å²) in [6.07, 6.45) is 9.07. The number of hydrogen-bond acceptors (Lipinski definition) is 13. The number of halogens is 1. The Labute approximate surface area is 346 Å². The summed E-state index contributed by atoms with van der Waals surface area (Å²) in [5, 5.41) is 20.2. The molecule has 4 aromatic heterocycles. The Kier molecular flexibility index (Phi) is 10.5. The third-order valence-corrected chi connectivity index (χ3v) is 12.5. The van der Waals surface area contributed by atoms with Crippen LogP contribution in [0.25, 0.3) is 16.9 Å². The number of pyridine rings is 2. The number of allylic oxidation sites excluding steroid dienone is 1. The SMILES string of the molecule is C=CCn1c(=O)c2cnc(Nc3ccc(N4CCN(C5CCN(c6ncc(NC7CCC(=O)NC7=O)cc6F)CC5)CC4)cc3)nc2n1-c1ccc2c(n1)[C@@](O)(CC)CC2. The zero-order chi connectivity index (χ0) is 41.5. The molecule has 1 aliphatic carbocycles. The first kappa shape index (κ1) is 39.3. The number of imide groups is 1. The number of amides is 2. The van der Waals surface area contributed by atoms with Crippen molar-refractivity contribution < 1.29 is 19.1 Å². The molecule has 17 heteroatoms. The number of fused-ring (bicyclic) bond motifs is 2. The third kappa shape index (κ3) is 7.47. The van der Waals surface area contributed by atoms with Gasteiger partial charge in [0.05, 0.1) is 24.1 Å². The molecule has 3 fully saturated rings. The summed E-state index contributed by atoms with van der Waals surface area (Å²) >= 11 is 0. The number of carbonyl (C=O) groups is 2. The van der Waals surface area contributed by atoms with Crippen LogP contribution in [0.2, 0.25) is 0 Å². The zero-order valence-corrected chi connectivity index (χ0v) is 33.6. The van der Waals surface area contributed by atoms with Crippen LogP contribution < -0.4 is 31.3 Å². The van der Waals surface area contributed by atoms with Gasteiger partial charge in [0.2, 0.25) is 17.8 Å². The van der Waals surface area contributed by atoms with Gasteiger partial charge in [-0.1, -0.05) is 19.1 Å². The van der Waals surface area contributed by atoms with Crippen molar-refractivity contribution >= 4 is 51.7 Å². The molecule has 0 radical (unpaired) electrons. The monoisotopic (exact) mass is 816 g/mol. The molecular formula is C43H49FN12O4. The molecule has 0 bridgehead atoms. The highest BCUT2D eigenvalue weighted by Gasteiger charge is 2.37. The molecule has 4 aliphatic rings. The number of aliphatic hydroxyl groups is 1. The van der Waals surface area contributed by atoms with E-state index in [4.69, 9.17) is 9.97 Å². The van der Waals surface area contributed by atoms with Crippen LogP contribution in [0.4, 0.5) is 33.2 Å². The van der Waals surface area contributed by atoms with E-state index in [9.17, 15) is 19.5 Å². The maximum atomic E-state index is 15.2. The summed E-state index contributed by atoms with van der Waals surface area (Å²) in [4.78, 5) is 62.6. The Bertz CT molecular complexity index is 2510. The van der Waals surface area contributed by atoms with Crippen molar-refractivity contribution in [2.24, 2.45) is 0 Å². The van der Waals surface area contributed by atoms with Crippen LogP contribution in [-0.2, 0) is 28.2 Å². The summed E-state index contributed by atoms with van der Waals surface area (Å²) in [6, 6.07) is 13.2. The highest BCUT2D eigenvalue weighted by molar-refractivity contribution is 6.01. The van der Waals surface area contributed by atoms with Gasteiger partial charge < -0.3 is 25.5 Å². The van der Waals surface area contributed by atoms with Crippen LogP contribution in [0.1, 0.15) is 56.7 Å². The van der Waals surface area contributed by atoms with Crippen LogP contribution in [-0.4, -0.2) is 102 Å². The second kappa shape index (κ2) is 16.1. The highest BCUT2D eigenvalue weighted by Crippen LogP contribution is 2.38. The second-order valence-corrected chi connectivity index (χ2v) is 16.1. The number of hydrogen-bond donors (Lipinski definition) is 4. The summed E-state index contributed by atoms with van der Waals surface area (Å²) in [5.41, 5.74) is 3.15. The first-order chi connectivity index (χ1) is 29.1. The number of nitrogens with zero attached hydrogens (tertiary/aromatic N) is 9. The maximum absolute atomic E-state index is 15.2. The number of anilines is 5. The molecule has 9 rings (SSSR count). The molecule has 3 aliphatic heterocycles. The minimum Gasteiger partial charge on any atom is -0.384 e. The number of piperazine rings is 1. The fourth-order valence-electron chi connectivity index (χ4n) is 9.06.